The van der Waals surface area contributed by atoms with Crippen molar-refractivity contribution in [3.05, 3.63) is 29.8 Å². The first kappa shape index (κ1) is 17.8. The zero-order valence-electron chi connectivity index (χ0n) is 13.8. The summed E-state index contributed by atoms with van der Waals surface area (Å²) >= 11 is 0. The molecule has 1 heterocycles. The second-order valence-corrected chi connectivity index (χ2v) is 6.09. The van der Waals surface area contributed by atoms with Gasteiger partial charge in [0, 0.05) is 18.7 Å². The number of likely N-dealkylation sites (tertiary alicyclic amines) is 1. The van der Waals surface area contributed by atoms with Gasteiger partial charge in [0.15, 0.2) is 0 Å². The summed E-state index contributed by atoms with van der Waals surface area (Å²) in [5.74, 6) is -1.40. The largest absolute Gasteiger partial charge is 0.497 e. The summed E-state index contributed by atoms with van der Waals surface area (Å²) < 4.78 is 5.06. The molecular weight excluding hydrogens is 312 g/mol. The number of carboxylic acid groups (broad SMARTS) is 1. The van der Waals surface area contributed by atoms with Crippen molar-refractivity contribution in [2.45, 2.75) is 13.3 Å². The second kappa shape index (κ2) is 7.81. The van der Waals surface area contributed by atoms with Crippen LogP contribution >= 0.6 is 0 Å². The molecule has 1 fully saturated rings. The van der Waals surface area contributed by atoms with E-state index >= 15 is 0 Å². The lowest BCUT2D eigenvalue weighted by atomic mass is 9.90. The first-order valence-corrected chi connectivity index (χ1v) is 7.83. The number of methoxy groups -OCH3 is 1. The van der Waals surface area contributed by atoms with E-state index in [-0.39, 0.29) is 30.8 Å². The lowest BCUT2D eigenvalue weighted by Gasteiger charge is -2.34. The van der Waals surface area contributed by atoms with Crippen LogP contribution in [0.25, 0.3) is 0 Å². The lowest BCUT2D eigenvalue weighted by molar-refractivity contribution is -0.146. The van der Waals surface area contributed by atoms with Gasteiger partial charge < -0.3 is 20.1 Å². The van der Waals surface area contributed by atoms with Crippen LogP contribution in [0.5, 0.6) is 5.75 Å². The van der Waals surface area contributed by atoms with E-state index in [0.717, 1.165) is 0 Å². The van der Waals surface area contributed by atoms with Crippen molar-refractivity contribution in [1.29, 1.82) is 0 Å². The fourth-order valence-corrected chi connectivity index (χ4v) is 2.87. The number of ether oxygens (including phenoxy) is 1. The number of hydrogen-bond donors (Lipinski definition) is 2. The highest BCUT2D eigenvalue weighted by Crippen LogP contribution is 2.21. The molecule has 0 aromatic heterocycles. The standard InChI is InChI=1S/C17H22N2O5/c1-11-6-13(17(22)23)10-19(9-11)15(20)8-18-16(21)12-4-3-5-14(7-12)24-2/h3-5,7,11,13H,6,8-10H2,1-2H3,(H,18,21)(H,22,23). The Morgan fingerprint density at radius 3 is 2.75 bits per heavy atom. The van der Waals surface area contributed by atoms with Crippen LogP contribution in [-0.2, 0) is 9.59 Å². The number of carboxylic acids is 1. The first-order valence-electron chi connectivity index (χ1n) is 7.83. The predicted molar refractivity (Wildman–Crippen MR) is 86.8 cm³/mol. The van der Waals surface area contributed by atoms with Gasteiger partial charge in [0.25, 0.3) is 5.91 Å². The SMILES string of the molecule is COc1cccc(C(=O)NCC(=O)N2CC(C)CC(C(=O)O)C2)c1. The molecule has 1 aromatic rings. The van der Waals surface area contributed by atoms with Crippen LogP contribution in [0, 0.1) is 11.8 Å². The van der Waals surface area contributed by atoms with Gasteiger partial charge >= 0.3 is 5.97 Å². The van der Waals surface area contributed by atoms with E-state index < -0.39 is 11.9 Å². The summed E-state index contributed by atoms with van der Waals surface area (Å²) in [6, 6.07) is 6.64. The van der Waals surface area contributed by atoms with Gasteiger partial charge in [-0.25, -0.2) is 0 Å². The molecule has 2 rings (SSSR count). The predicted octanol–water partition coefficient (Wildman–Crippen LogP) is 0.994. The van der Waals surface area contributed by atoms with E-state index in [4.69, 9.17) is 9.84 Å². The average molecular weight is 334 g/mol. The third-order valence-corrected chi connectivity index (χ3v) is 4.09. The Labute approximate surface area is 140 Å². The minimum Gasteiger partial charge on any atom is -0.497 e. The number of piperidine rings is 1. The molecule has 2 N–H and O–H groups in total. The maximum atomic E-state index is 12.3. The van der Waals surface area contributed by atoms with E-state index in [2.05, 4.69) is 5.32 Å². The van der Waals surface area contributed by atoms with Crippen LogP contribution in [-0.4, -0.2) is 54.5 Å². The molecular formula is C17H22N2O5. The zero-order valence-corrected chi connectivity index (χ0v) is 13.8. The smallest absolute Gasteiger partial charge is 0.308 e. The van der Waals surface area contributed by atoms with Crippen LogP contribution in [0.15, 0.2) is 24.3 Å². The molecule has 7 nitrogen and oxygen atoms in total. The van der Waals surface area contributed by atoms with Gasteiger partial charge in [-0.05, 0) is 30.5 Å². The molecule has 0 bridgehead atoms. The first-order chi connectivity index (χ1) is 11.4. The van der Waals surface area contributed by atoms with E-state index in [1.807, 2.05) is 6.92 Å². The molecule has 0 saturated carbocycles. The van der Waals surface area contributed by atoms with Crippen LogP contribution in [0.3, 0.4) is 0 Å². The number of aliphatic carboxylic acids is 1. The number of benzene rings is 1. The number of carbonyl (C=O) groups excluding carboxylic acids is 2. The van der Waals surface area contributed by atoms with Crippen LogP contribution in [0.2, 0.25) is 0 Å². The zero-order chi connectivity index (χ0) is 17.7. The van der Waals surface area contributed by atoms with Crippen molar-refractivity contribution in [3.8, 4) is 5.75 Å². The van der Waals surface area contributed by atoms with Gasteiger partial charge in [0.2, 0.25) is 5.91 Å². The van der Waals surface area contributed by atoms with E-state index in [1.54, 1.807) is 24.3 Å². The number of nitrogens with zero attached hydrogens (tertiary/aromatic N) is 1. The minimum atomic E-state index is -0.889. The van der Waals surface area contributed by atoms with Crippen molar-refractivity contribution in [1.82, 2.24) is 10.2 Å². The molecule has 130 valence electrons. The average Bonchev–Trinajstić information content (AvgIpc) is 2.58. The molecule has 1 aliphatic heterocycles. The van der Waals surface area contributed by atoms with Crippen molar-refractivity contribution in [2.24, 2.45) is 11.8 Å². The maximum Gasteiger partial charge on any atom is 0.308 e. The minimum absolute atomic E-state index is 0.123. The molecule has 0 radical (unpaired) electrons. The molecule has 7 heteroatoms. The van der Waals surface area contributed by atoms with Crippen molar-refractivity contribution in [2.75, 3.05) is 26.7 Å². The lowest BCUT2D eigenvalue weighted by Crippen LogP contribution is -2.48. The fourth-order valence-electron chi connectivity index (χ4n) is 2.87. The van der Waals surface area contributed by atoms with Gasteiger partial charge in [-0.2, -0.15) is 0 Å². The molecule has 24 heavy (non-hydrogen) atoms. The van der Waals surface area contributed by atoms with E-state index in [1.165, 1.54) is 12.0 Å². The Morgan fingerprint density at radius 1 is 1.33 bits per heavy atom. The molecule has 0 spiro atoms. The molecule has 2 atom stereocenters. The Kier molecular flexibility index (Phi) is 5.78. The summed E-state index contributed by atoms with van der Waals surface area (Å²) in [4.78, 5) is 37.0. The van der Waals surface area contributed by atoms with Crippen molar-refractivity contribution < 1.29 is 24.2 Å². The summed E-state index contributed by atoms with van der Waals surface area (Å²) in [6.45, 7) is 2.46. The number of rotatable bonds is 5. The molecule has 1 aliphatic rings. The molecule has 0 aliphatic carbocycles. The maximum absolute atomic E-state index is 12.3. The number of amides is 2. The van der Waals surface area contributed by atoms with Gasteiger partial charge in [-0.15, -0.1) is 0 Å². The summed E-state index contributed by atoms with van der Waals surface area (Å²) in [7, 11) is 1.51. The third-order valence-electron chi connectivity index (χ3n) is 4.09. The normalized spacial score (nSPS) is 20.3. The van der Waals surface area contributed by atoms with Gasteiger partial charge in [-0.1, -0.05) is 13.0 Å². The van der Waals surface area contributed by atoms with Crippen LogP contribution < -0.4 is 10.1 Å². The molecule has 2 amide bonds. The summed E-state index contributed by atoms with van der Waals surface area (Å²) in [6.07, 6.45) is 0.565. The summed E-state index contributed by atoms with van der Waals surface area (Å²) in [5.41, 5.74) is 0.401. The number of carbonyl (C=O) groups is 3. The Bertz CT molecular complexity index is 631. The molecule has 1 aromatic carbocycles. The second-order valence-electron chi connectivity index (χ2n) is 6.09. The van der Waals surface area contributed by atoms with Crippen LogP contribution in [0.1, 0.15) is 23.7 Å². The number of hydrogen-bond acceptors (Lipinski definition) is 4. The highest BCUT2D eigenvalue weighted by molar-refractivity contribution is 5.96. The Hall–Kier alpha value is -2.57. The highest BCUT2D eigenvalue weighted by atomic mass is 16.5. The highest BCUT2D eigenvalue weighted by Gasteiger charge is 2.31. The molecule has 1 saturated heterocycles. The van der Waals surface area contributed by atoms with E-state index in [0.29, 0.717) is 24.3 Å². The van der Waals surface area contributed by atoms with Gasteiger partial charge in [-0.3, -0.25) is 14.4 Å². The quantitative estimate of drug-likeness (QED) is 0.837. The fraction of sp³-hybridized carbons (Fsp3) is 0.471. The van der Waals surface area contributed by atoms with Crippen molar-refractivity contribution in [3.63, 3.8) is 0 Å². The monoisotopic (exact) mass is 334 g/mol. The van der Waals surface area contributed by atoms with Gasteiger partial charge in [0.05, 0.1) is 19.6 Å². The van der Waals surface area contributed by atoms with E-state index in [9.17, 15) is 14.4 Å². The van der Waals surface area contributed by atoms with Crippen molar-refractivity contribution >= 4 is 17.8 Å². The Balaban J connectivity index is 1.92. The molecule has 2 unspecified atom stereocenters. The van der Waals surface area contributed by atoms with Gasteiger partial charge in [0.1, 0.15) is 5.75 Å². The number of nitrogens with one attached hydrogen (secondary N) is 1. The third kappa shape index (κ3) is 4.47. The Morgan fingerprint density at radius 2 is 2.08 bits per heavy atom. The topological polar surface area (TPSA) is 95.9 Å². The summed E-state index contributed by atoms with van der Waals surface area (Å²) in [5, 5.41) is 11.7. The van der Waals surface area contributed by atoms with Crippen LogP contribution in [0.4, 0.5) is 0 Å².